The number of rotatable bonds is 7. The molecule has 3 aromatic rings. The normalized spacial score (nSPS) is 12.7. The molecule has 152 valence electrons. The van der Waals surface area contributed by atoms with Crippen molar-refractivity contribution in [3.05, 3.63) is 78.2 Å². The van der Waals surface area contributed by atoms with E-state index in [-0.39, 0.29) is 21.8 Å². The van der Waals surface area contributed by atoms with Crippen molar-refractivity contribution in [3.63, 3.8) is 0 Å². The Bertz CT molecular complexity index is 1190. The molecule has 29 heavy (non-hydrogen) atoms. The van der Waals surface area contributed by atoms with Crippen molar-refractivity contribution in [2.45, 2.75) is 4.21 Å². The largest absolute Gasteiger partial charge is 0.492 e. The van der Waals surface area contributed by atoms with Gasteiger partial charge in [0.25, 0.3) is 11.1 Å². The first-order valence-corrected chi connectivity index (χ1v) is 11.1. The molecule has 0 atom stereocenters. The minimum Gasteiger partial charge on any atom is -0.492 e. The van der Waals surface area contributed by atoms with Crippen molar-refractivity contribution in [1.29, 1.82) is 0 Å². The summed E-state index contributed by atoms with van der Waals surface area (Å²) in [6.07, 6.45) is 5.33. The van der Waals surface area contributed by atoms with Gasteiger partial charge in [0.05, 0.1) is 4.21 Å². The molecule has 2 N–H and O–H groups in total. The number of ether oxygens (including phenoxy) is 1. The van der Waals surface area contributed by atoms with E-state index < -0.39 is 0 Å². The second-order valence-corrected chi connectivity index (χ2v) is 8.83. The van der Waals surface area contributed by atoms with Crippen LogP contribution >= 0.6 is 23.1 Å². The van der Waals surface area contributed by atoms with E-state index in [4.69, 9.17) is 4.74 Å². The lowest BCUT2D eigenvalue weighted by Gasteiger charge is -2.10. The van der Waals surface area contributed by atoms with E-state index in [9.17, 15) is 9.59 Å². The molecule has 8 heteroatoms. The van der Waals surface area contributed by atoms with Crippen molar-refractivity contribution in [2.24, 2.45) is 0 Å². The lowest BCUT2D eigenvalue weighted by atomic mass is 10.2. The summed E-state index contributed by atoms with van der Waals surface area (Å²) in [5.41, 5.74) is 0.119. The van der Waals surface area contributed by atoms with Crippen LogP contribution < -0.4 is 26.6 Å². The summed E-state index contributed by atoms with van der Waals surface area (Å²) in [5, 5.41) is 0.454. The Hall–Kier alpha value is -2.55. The molecule has 3 rings (SSSR count). The summed E-state index contributed by atoms with van der Waals surface area (Å²) in [7, 11) is 3.98. The third kappa shape index (κ3) is 5.96. The van der Waals surface area contributed by atoms with Crippen molar-refractivity contribution in [3.8, 4) is 5.75 Å². The summed E-state index contributed by atoms with van der Waals surface area (Å²) in [4.78, 5) is 33.1. The fourth-order valence-electron chi connectivity index (χ4n) is 2.53. The van der Waals surface area contributed by atoms with Crippen LogP contribution in [0, 0.1) is 0 Å². The van der Waals surface area contributed by atoms with Gasteiger partial charge in [-0.2, -0.15) is 0 Å². The second kappa shape index (κ2) is 9.78. The molecular formula is C21H23N3O3S2. The van der Waals surface area contributed by atoms with Crippen LogP contribution in [-0.2, 0) is 0 Å². The quantitative estimate of drug-likeness (QED) is 0.556. The number of nitrogens with one attached hydrogen (secondary N) is 2. The van der Waals surface area contributed by atoms with Gasteiger partial charge in [-0.05, 0) is 62.3 Å². The number of hydrogen-bond acceptors (Lipinski definition) is 6. The number of aromatic amines is 2. The first-order chi connectivity index (χ1) is 13.9. The molecule has 0 aliphatic carbocycles. The number of aromatic nitrogens is 2. The molecular weight excluding hydrogens is 406 g/mol. The maximum Gasteiger partial charge on any atom is 0.272 e. The third-order valence-electron chi connectivity index (χ3n) is 4.07. The number of likely N-dealkylation sites (N-methyl/N-ethyl adjacent to an activating group) is 1. The number of thiophene rings is 1. The monoisotopic (exact) mass is 429 g/mol. The number of nitrogens with zero attached hydrogens (tertiary/aromatic N) is 1. The molecule has 0 amide bonds. The van der Waals surface area contributed by atoms with Crippen molar-refractivity contribution < 1.29 is 4.74 Å². The van der Waals surface area contributed by atoms with E-state index in [1.54, 1.807) is 35.3 Å². The van der Waals surface area contributed by atoms with E-state index in [1.807, 2.05) is 61.6 Å². The first-order valence-electron chi connectivity index (χ1n) is 9.02. The van der Waals surface area contributed by atoms with E-state index in [0.29, 0.717) is 6.61 Å². The predicted molar refractivity (Wildman–Crippen MR) is 121 cm³/mol. The third-order valence-corrected chi connectivity index (χ3v) is 6.19. The van der Waals surface area contributed by atoms with Crippen LogP contribution in [0.15, 0.2) is 50.2 Å². The van der Waals surface area contributed by atoms with Crippen molar-refractivity contribution >= 4 is 35.3 Å². The van der Waals surface area contributed by atoms with Crippen LogP contribution in [0.2, 0.25) is 0 Å². The Kier molecular flexibility index (Phi) is 7.13. The van der Waals surface area contributed by atoms with Gasteiger partial charge in [0.2, 0.25) is 0 Å². The number of thioether (sulfide) groups is 1. The highest BCUT2D eigenvalue weighted by molar-refractivity contribution is 8.00. The highest BCUT2D eigenvalue weighted by Crippen LogP contribution is 2.25. The van der Waals surface area contributed by atoms with E-state index in [0.717, 1.165) is 26.9 Å². The van der Waals surface area contributed by atoms with Crippen LogP contribution in [0.3, 0.4) is 0 Å². The molecule has 6 nitrogen and oxygen atoms in total. The second-order valence-electron chi connectivity index (χ2n) is 6.61. The van der Waals surface area contributed by atoms with Gasteiger partial charge in [0, 0.05) is 11.4 Å². The zero-order chi connectivity index (χ0) is 20.8. The molecule has 0 bridgehead atoms. The molecule has 2 aromatic heterocycles. The molecule has 0 aliphatic heterocycles. The molecule has 0 saturated heterocycles. The molecule has 0 spiro atoms. The van der Waals surface area contributed by atoms with Crippen LogP contribution in [0.1, 0.15) is 10.4 Å². The van der Waals surface area contributed by atoms with Crippen LogP contribution in [0.5, 0.6) is 5.75 Å². The molecule has 0 radical (unpaired) electrons. The summed E-state index contributed by atoms with van der Waals surface area (Å²) in [6.45, 7) is 1.43. The zero-order valence-corrected chi connectivity index (χ0v) is 18.2. The molecule has 2 heterocycles. The lowest BCUT2D eigenvalue weighted by Crippen LogP contribution is -2.46. The lowest BCUT2D eigenvalue weighted by molar-refractivity contribution is 0.261. The molecule has 1 aromatic carbocycles. The SMILES string of the molecule is CSc1ccc(C=c2[nH]c(=O)c(=Cc3ccc(OCCN(C)C)cc3)[nH]c2=O)s1. The Morgan fingerprint density at radius 3 is 2.24 bits per heavy atom. The first kappa shape index (κ1) is 21.2. The number of hydrogen-bond donors (Lipinski definition) is 2. The molecule has 0 aliphatic rings. The van der Waals surface area contributed by atoms with E-state index in [1.165, 1.54) is 0 Å². The summed E-state index contributed by atoms with van der Waals surface area (Å²) in [6, 6.07) is 11.3. The van der Waals surface area contributed by atoms with Crippen molar-refractivity contribution in [2.75, 3.05) is 33.5 Å². The van der Waals surface area contributed by atoms with Crippen molar-refractivity contribution in [1.82, 2.24) is 14.9 Å². The van der Waals surface area contributed by atoms with Gasteiger partial charge < -0.3 is 19.6 Å². The maximum atomic E-state index is 12.4. The van der Waals surface area contributed by atoms with Gasteiger partial charge in [-0.25, -0.2) is 0 Å². The topological polar surface area (TPSA) is 78.2 Å². The molecule has 0 saturated carbocycles. The molecule has 0 unspecified atom stereocenters. The highest BCUT2D eigenvalue weighted by atomic mass is 32.2. The smallest absolute Gasteiger partial charge is 0.272 e. The molecule has 0 fully saturated rings. The van der Waals surface area contributed by atoms with Gasteiger partial charge in [-0.15, -0.1) is 23.1 Å². The Balaban J connectivity index is 1.84. The minimum atomic E-state index is -0.344. The predicted octanol–water partition coefficient (Wildman–Crippen LogP) is 1.44. The number of H-pyrrole nitrogens is 2. The number of benzene rings is 1. The Morgan fingerprint density at radius 2 is 1.66 bits per heavy atom. The summed E-state index contributed by atoms with van der Waals surface area (Å²) < 4.78 is 6.81. The van der Waals surface area contributed by atoms with Gasteiger partial charge in [0.1, 0.15) is 23.1 Å². The summed E-state index contributed by atoms with van der Waals surface area (Å²) >= 11 is 3.21. The maximum absolute atomic E-state index is 12.4. The standard InChI is InChI=1S/C21H23N3O3S2/c1-24(2)10-11-27-15-6-4-14(5-7-15)12-17-20(25)23-18(21(26)22-17)13-16-8-9-19(28-3)29-16/h4-9,12-13H,10-11H2,1-3H3,(H,22,26)(H,23,25). The van der Waals surface area contributed by atoms with Gasteiger partial charge >= 0.3 is 0 Å². The van der Waals surface area contributed by atoms with Crippen LogP contribution in [0.4, 0.5) is 0 Å². The highest BCUT2D eigenvalue weighted by Gasteiger charge is 2.00. The Labute approximate surface area is 176 Å². The van der Waals surface area contributed by atoms with Gasteiger partial charge in [-0.1, -0.05) is 12.1 Å². The van der Waals surface area contributed by atoms with E-state index >= 15 is 0 Å². The Morgan fingerprint density at radius 1 is 1.00 bits per heavy atom. The minimum absolute atomic E-state index is 0.212. The average molecular weight is 430 g/mol. The van der Waals surface area contributed by atoms with Gasteiger partial charge in [-0.3, -0.25) is 9.59 Å². The summed E-state index contributed by atoms with van der Waals surface area (Å²) in [5.74, 6) is 0.761. The van der Waals surface area contributed by atoms with Crippen LogP contribution in [-0.4, -0.2) is 48.4 Å². The average Bonchev–Trinajstić information content (AvgIpc) is 3.14. The van der Waals surface area contributed by atoms with Gasteiger partial charge in [0.15, 0.2) is 0 Å². The fraction of sp³-hybridized carbons (Fsp3) is 0.238. The van der Waals surface area contributed by atoms with E-state index in [2.05, 4.69) is 9.97 Å². The fourth-order valence-corrected chi connectivity index (χ4v) is 4.04. The van der Waals surface area contributed by atoms with Crippen LogP contribution in [0.25, 0.3) is 12.2 Å². The zero-order valence-electron chi connectivity index (χ0n) is 16.5.